The highest BCUT2D eigenvalue weighted by molar-refractivity contribution is 6.74. The van der Waals surface area contributed by atoms with Crippen LogP contribution < -0.4 is 0 Å². The zero-order valence-corrected chi connectivity index (χ0v) is 11.1. The highest BCUT2D eigenvalue weighted by Crippen LogP contribution is 2.39. The van der Waals surface area contributed by atoms with Gasteiger partial charge in [-0.25, -0.2) is 0 Å². The number of hydrogen-bond donors (Lipinski definition) is 1. The van der Waals surface area contributed by atoms with Gasteiger partial charge in [0, 0.05) is 0 Å². The number of rotatable bonds is 2. The molecular formula is C11H24O2Si. The maximum atomic E-state index is 9.72. The highest BCUT2D eigenvalue weighted by atomic mass is 28.4. The Morgan fingerprint density at radius 2 is 1.79 bits per heavy atom. The third kappa shape index (κ3) is 2.58. The average Bonchev–Trinajstić information content (AvgIpc) is 2.33. The van der Waals surface area contributed by atoms with Crippen LogP contribution in [-0.2, 0) is 4.43 Å². The lowest BCUT2D eigenvalue weighted by Gasteiger charge is -2.39. The van der Waals surface area contributed by atoms with Gasteiger partial charge in [-0.15, -0.1) is 0 Å². The monoisotopic (exact) mass is 216 g/mol. The predicted octanol–water partition coefficient (Wildman–Crippen LogP) is 2.92. The molecule has 0 heterocycles. The minimum Gasteiger partial charge on any atom is -0.411 e. The molecule has 0 spiro atoms. The van der Waals surface area contributed by atoms with Crippen molar-refractivity contribution in [2.24, 2.45) is 0 Å². The Bertz CT molecular complexity index is 196. The molecule has 14 heavy (non-hydrogen) atoms. The molecule has 3 heteroatoms. The van der Waals surface area contributed by atoms with Gasteiger partial charge in [0.1, 0.15) is 0 Å². The summed E-state index contributed by atoms with van der Waals surface area (Å²) in [6.07, 6.45) is 2.95. The maximum absolute atomic E-state index is 9.72. The summed E-state index contributed by atoms with van der Waals surface area (Å²) in [5.74, 6) is 0. The molecule has 0 unspecified atom stereocenters. The maximum Gasteiger partial charge on any atom is 0.192 e. The number of hydrogen-bond acceptors (Lipinski definition) is 2. The van der Waals surface area contributed by atoms with E-state index in [0.29, 0.717) is 0 Å². The smallest absolute Gasteiger partial charge is 0.192 e. The SMILES string of the molecule is CC(C)(C)[Si](C)(C)O[C@H]1CCC[C@H]1O. The van der Waals surface area contributed by atoms with Crippen molar-refractivity contribution in [1.29, 1.82) is 0 Å². The average molecular weight is 216 g/mol. The van der Waals surface area contributed by atoms with E-state index in [1.807, 2.05) is 0 Å². The minimum absolute atomic E-state index is 0.107. The van der Waals surface area contributed by atoms with Crippen molar-refractivity contribution in [3.8, 4) is 0 Å². The number of aliphatic hydroxyl groups is 1. The fourth-order valence-corrected chi connectivity index (χ4v) is 2.98. The zero-order valence-electron chi connectivity index (χ0n) is 10.1. The molecule has 0 aromatic carbocycles. The molecule has 1 N–H and O–H groups in total. The van der Waals surface area contributed by atoms with Crippen LogP contribution in [0.1, 0.15) is 40.0 Å². The van der Waals surface area contributed by atoms with E-state index in [0.717, 1.165) is 19.3 Å². The van der Waals surface area contributed by atoms with Gasteiger partial charge in [-0.1, -0.05) is 20.8 Å². The molecule has 0 bridgehead atoms. The van der Waals surface area contributed by atoms with Crippen molar-refractivity contribution >= 4 is 8.32 Å². The van der Waals surface area contributed by atoms with Gasteiger partial charge in [0.25, 0.3) is 0 Å². The van der Waals surface area contributed by atoms with Crippen LogP contribution in [0.4, 0.5) is 0 Å². The van der Waals surface area contributed by atoms with E-state index in [1.165, 1.54) is 0 Å². The lowest BCUT2D eigenvalue weighted by Crippen LogP contribution is -2.45. The highest BCUT2D eigenvalue weighted by Gasteiger charge is 2.41. The second-order valence-electron chi connectivity index (χ2n) is 5.91. The Labute approximate surface area is 88.8 Å². The second kappa shape index (κ2) is 3.95. The van der Waals surface area contributed by atoms with Gasteiger partial charge >= 0.3 is 0 Å². The van der Waals surface area contributed by atoms with Crippen LogP contribution in [0.3, 0.4) is 0 Å². The molecule has 0 amide bonds. The molecule has 1 fully saturated rings. The zero-order chi connectivity index (χ0) is 11.0. The summed E-state index contributed by atoms with van der Waals surface area (Å²) in [5.41, 5.74) is 0. The van der Waals surface area contributed by atoms with Crippen molar-refractivity contribution < 1.29 is 9.53 Å². The molecule has 1 saturated carbocycles. The van der Waals surface area contributed by atoms with E-state index < -0.39 is 8.32 Å². The van der Waals surface area contributed by atoms with E-state index in [9.17, 15) is 5.11 Å². The van der Waals surface area contributed by atoms with Gasteiger partial charge in [0.05, 0.1) is 12.2 Å². The normalized spacial score (nSPS) is 29.6. The van der Waals surface area contributed by atoms with Crippen LogP contribution in [0, 0.1) is 0 Å². The molecule has 0 saturated heterocycles. The van der Waals surface area contributed by atoms with E-state index in [2.05, 4.69) is 33.9 Å². The van der Waals surface area contributed by atoms with E-state index in [1.54, 1.807) is 0 Å². The molecule has 0 aromatic heterocycles. The summed E-state index contributed by atoms with van der Waals surface area (Å²) in [4.78, 5) is 0. The quantitative estimate of drug-likeness (QED) is 0.719. The molecule has 84 valence electrons. The summed E-state index contributed by atoms with van der Waals surface area (Å²) in [6, 6.07) is 0. The third-order valence-electron chi connectivity index (χ3n) is 3.67. The van der Waals surface area contributed by atoms with Gasteiger partial charge in [0.15, 0.2) is 8.32 Å². The van der Waals surface area contributed by atoms with Crippen LogP contribution in [0.5, 0.6) is 0 Å². The molecule has 0 aliphatic heterocycles. The summed E-state index contributed by atoms with van der Waals surface area (Å²) in [6.45, 7) is 11.2. The fraction of sp³-hybridized carbons (Fsp3) is 1.00. The fourth-order valence-electron chi connectivity index (χ4n) is 1.60. The third-order valence-corrected chi connectivity index (χ3v) is 8.17. The molecule has 2 nitrogen and oxygen atoms in total. The summed E-state index contributed by atoms with van der Waals surface area (Å²) in [5, 5.41) is 9.96. The van der Waals surface area contributed by atoms with E-state index in [4.69, 9.17) is 4.43 Å². The van der Waals surface area contributed by atoms with Crippen molar-refractivity contribution in [2.45, 2.75) is 70.4 Å². The standard InChI is InChI=1S/C11H24O2Si/c1-11(2,3)14(4,5)13-10-8-6-7-9(10)12/h9-10,12H,6-8H2,1-5H3/t9-,10+/m1/s1. The molecule has 1 rings (SSSR count). The second-order valence-corrected chi connectivity index (χ2v) is 10.7. The summed E-state index contributed by atoms with van der Waals surface area (Å²) >= 11 is 0. The van der Waals surface area contributed by atoms with Crippen molar-refractivity contribution in [1.82, 2.24) is 0 Å². The Morgan fingerprint density at radius 1 is 1.21 bits per heavy atom. The molecule has 2 atom stereocenters. The van der Waals surface area contributed by atoms with Crippen molar-refractivity contribution in [3.05, 3.63) is 0 Å². The van der Waals surface area contributed by atoms with Crippen LogP contribution in [0.25, 0.3) is 0 Å². The van der Waals surface area contributed by atoms with Crippen LogP contribution in [0.2, 0.25) is 18.1 Å². The minimum atomic E-state index is -1.67. The Balaban J connectivity index is 2.58. The lowest BCUT2D eigenvalue weighted by atomic mass is 10.2. The van der Waals surface area contributed by atoms with E-state index >= 15 is 0 Å². The predicted molar refractivity (Wildman–Crippen MR) is 61.9 cm³/mol. The molecule has 0 aromatic rings. The molecular weight excluding hydrogens is 192 g/mol. The van der Waals surface area contributed by atoms with Crippen molar-refractivity contribution in [2.75, 3.05) is 0 Å². The Hall–Kier alpha value is 0.137. The first-order valence-corrected chi connectivity index (χ1v) is 8.51. The Kier molecular flexibility index (Phi) is 3.44. The van der Waals surface area contributed by atoms with Gasteiger partial charge in [-0.05, 0) is 37.4 Å². The Morgan fingerprint density at radius 3 is 2.14 bits per heavy atom. The summed E-state index contributed by atoms with van der Waals surface area (Å²) < 4.78 is 6.16. The molecule has 1 aliphatic rings. The summed E-state index contributed by atoms with van der Waals surface area (Å²) in [7, 11) is -1.67. The molecule has 0 radical (unpaired) electrons. The van der Waals surface area contributed by atoms with Crippen molar-refractivity contribution in [3.63, 3.8) is 0 Å². The van der Waals surface area contributed by atoms with E-state index in [-0.39, 0.29) is 17.2 Å². The van der Waals surface area contributed by atoms with Gasteiger partial charge < -0.3 is 9.53 Å². The first kappa shape index (κ1) is 12.2. The van der Waals surface area contributed by atoms with Gasteiger partial charge in [0.2, 0.25) is 0 Å². The van der Waals surface area contributed by atoms with Gasteiger partial charge in [-0.2, -0.15) is 0 Å². The van der Waals surface area contributed by atoms with Crippen LogP contribution in [-0.4, -0.2) is 25.6 Å². The first-order valence-electron chi connectivity index (χ1n) is 5.60. The molecule has 1 aliphatic carbocycles. The largest absolute Gasteiger partial charge is 0.411 e. The van der Waals surface area contributed by atoms with Crippen LogP contribution in [0.15, 0.2) is 0 Å². The first-order chi connectivity index (χ1) is 6.24. The lowest BCUT2D eigenvalue weighted by molar-refractivity contribution is 0.0512. The number of aliphatic hydroxyl groups excluding tert-OH is 1. The van der Waals surface area contributed by atoms with Crippen LogP contribution >= 0.6 is 0 Å². The topological polar surface area (TPSA) is 29.5 Å². The van der Waals surface area contributed by atoms with Gasteiger partial charge in [-0.3, -0.25) is 0 Å².